The van der Waals surface area contributed by atoms with Crippen LogP contribution in [0.4, 0.5) is 4.39 Å². The lowest BCUT2D eigenvalue weighted by atomic mass is 9.65. The molecule has 1 saturated heterocycles. The average molecular weight is 319 g/mol. The number of rotatable bonds is 4. The highest BCUT2D eigenvalue weighted by Crippen LogP contribution is 2.46. The number of carbonyl (C=O) groups is 2. The van der Waals surface area contributed by atoms with E-state index in [1.165, 1.54) is 6.07 Å². The molecule has 0 radical (unpaired) electrons. The highest BCUT2D eigenvalue weighted by Gasteiger charge is 2.46. The highest BCUT2D eigenvalue weighted by molar-refractivity contribution is 5.82. The first kappa shape index (κ1) is 15.9. The van der Waals surface area contributed by atoms with Crippen LogP contribution in [-0.2, 0) is 15.1 Å². The first-order valence-corrected chi connectivity index (χ1v) is 8.03. The normalized spacial score (nSPS) is 27.9. The van der Waals surface area contributed by atoms with Crippen LogP contribution >= 0.6 is 0 Å². The molecule has 1 aliphatic carbocycles. The Morgan fingerprint density at radius 3 is 2.83 bits per heavy atom. The van der Waals surface area contributed by atoms with Crippen LogP contribution in [-0.4, -0.2) is 42.9 Å². The van der Waals surface area contributed by atoms with Crippen LogP contribution in [0.5, 0.6) is 0 Å². The zero-order chi connectivity index (χ0) is 16.4. The van der Waals surface area contributed by atoms with Crippen molar-refractivity contribution in [1.29, 1.82) is 0 Å². The summed E-state index contributed by atoms with van der Waals surface area (Å²) < 4.78 is 14.2. The molecule has 2 N–H and O–H groups in total. The second-order valence-electron chi connectivity index (χ2n) is 6.68. The number of halogens is 1. The van der Waals surface area contributed by atoms with Crippen molar-refractivity contribution in [2.75, 3.05) is 26.2 Å². The molecule has 0 bridgehead atoms. The van der Waals surface area contributed by atoms with E-state index in [0.717, 1.165) is 12.8 Å². The van der Waals surface area contributed by atoms with Gasteiger partial charge in [0.25, 0.3) is 0 Å². The molecule has 124 valence electrons. The Kier molecular flexibility index (Phi) is 4.35. The van der Waals surface area contributed by atoms with E-state index < -0.39 is 5.54 Å². The molecule has 0 aromatic heterocycles. The fourth-order valence-corrected chi connectivity index (χ4v) is 3.70. The zero-order valence-electron chi connectivity index (χ0n) is 13.3. The molecule has 2 fully saturated rings. The third-order valence-corrected chi connectivity index (χ3v) is 4.65. The van der Waals surface area contributed by atoms with Crippen molar-refractivity contribution in [3.63, 3.8) is 0 Å². The Balaban J connectivity index is 1.69. The molecule has 1 heterocycles. The van der Waals surface area contributed by atoms with Gasteiger partial charge < -0.3 is 10.6 Å². The van der Waals surface area contributed by atoms with Crippen molar-refractivity contribution in [2.24, 2.45) is 5.92 Å². The number of carbonyl (C=O) groups excluding carboxylic acids is 2. The van der Waals surface area contributed by atoms with E-state index in [0.29, 0.717) is 24.6 Å². The van der Waals surface area contributed by atoms with E-state index >= 15 is 0 Å². The van der Waals surface area contributed by atoms with E-state index in [2.05, 4.69) is 17.6 Å². The number of nitrogens with zero attached hydrogens (tertiary/aromatic N) is 1. The first-order valence-electron chi connectivity index (χ1n) is 8.03. The quantitative estimate of drug-likeness (QED) is 0.870. The van der Waals surface area contributed by atoms with Gasteiger partial charge >= 0.3 is 0 Å². The van der Waals surface area contributed by atoms with Gasteiger partial charge in [-0.2, -0.15) is 0 Å². The molecule has 1 aromatic carbocycles. The number of piperazine rings is 1. The van der Waals surface area contributed by atoms with Crippen molar-refractivity contribution in [3.8, 4) is 0 Å². The largest absolute Gasteiger partial charge is 0.354 e. The molecule has 6 heteroatoms. The molecular weight excluding hydrogens is 297 g/mol. The molecule has 1 aromatic rings. The summed E-state index contributed by atoms with van der Waals surface area (Å²) in [5.74, 6) is -0.0484. The van der Waals surface area contributed by atoms with Gasteiger partial charge in [0.05, 0.1) is 18.6 Å². The molecule has 0 unspecified atom stereocenters. The lowest BCUT2D eigenvalue weighted by molar-refractivity contribution is -0.129. The average Bonchev–Trinajstić information content (AvgIpc) is 2.45. The summed E-state index contributed by atoms with van der Waals surface area (Å²) in [5.41, 5.74) is -0.0530. The van der Waals surface area contributed by atoms with Crippen LogP contribution in [0.3, 0.4) is 0 Å². The molecule has 3 rings (SSSR count). The number of nitrogens with one attached hydrogen (secondary N) is 2. The number of hydrogen-bond donors (Lipinski definition) is 2. The van der Waals surface area contributed by atoms with Crippen LogP contribution < -0.4 is 10.6 Å². The molecule has 2 aliphatic rings. The summed E-state index contributed by atoms with van der Waals surface area (Å²) in [6.45, 7) is 3.71. The molecule has 5 nitrogen and oxygen atoms in total. The van der Waals surface area contributed by atoms with Crippen LogP contribution in [0.2, 0.25) is 0 Å². The smallest absolute Gasteiger partial charge is 0.234 e. The third kappa shape index (κ3) is 3.37. The summed E-state index contributed by atoms with van der Waals surface area (Å²) in [6, 6.07) is 6.63. The standard InChI is InChI=1S/C17H22FN3O2/c1-12-8-17(9-12,13-4-2-3-5-14(13)18)20-16(23)11-21-7-6-19-15(22)10-21/h2-5,12H,6-11H2,1H3,(H,19,22)(H,20,23). The SMILES string of the molecule is CC1CC(NC(=O)CN2CCNC(=O)C2)(c2ccccc2F)C1. The molecule has 2 amide bonds. The van der Waals surface area contributed by atoms with Gasteiger partial charge in [0.1, 0.15) is 5.82 Å². The summed E-state index contributed by atoms with van der Waals surface area (Å²) >= 11 is 0. The predicted octanol–water partition coefficient (Wildman–Crippen LogP) is 0.999. The Morgan fingerprint density at radius 2 is 2.17 bits per heavy atom. The highest BCUT2D eigenvalue weighted by atomic mass is 19.1. The topological polar surface area (TPSA) is 61.4 Å². The lowest BCUT2D eigenvalue weighted by Crippen LogP contribution is -2.58. The zero-order valence-corrected chi connectivity index (χ0v) is 13.3. The Labute approximate surface area is 135 Å². The van der Waals surface area contributed by atoms with Gasteiger partial charge in [-0.3, -0.25) is 14.5 Å². The van der Waals surface area contributed by atoms with Crippen molar-refractivity contribution in [3.05, 3.63) is 35.6 Å². The number of hydrogen-bond acceptors (Lipinski definition) is 3. The maximum atomic E-state index is 14.2. The molecule has 1 aliphatic heterocycles. The minimum Gasteiger partial charge on any atom is -0.354 e. The van der Waals surface area contributed by atoms with Crippen molar-refractivity contribution < 1.29 is 14.0 Å². The second kappa shape index (κ2) is 6.28. The number of benzene rings is 1. The van der Waals surface area contributed by atoms with E-state index in [-0.39, 0.29) is 30.7 Å². The minimum atomic E-state index is -0.611. The first-order chi connectivity index (χ1) is 11.0. The van der Waals surface area contributed by atoms with Gasteiger partial charge in [0, 0.05) is 18.7 Å². The van der Waals surface area contributed by atoms with Gasteiger partial charge in [-0.1, -0.05) is 25.1 Å². The summed E-state index contributed by atoms with van der Waals surface area (Å²) in [6.07, 6.45) is 1.47. The van der Waals surface area contributed by atoms with Gasteiger partial charge in [-0.25, -0.2) is 4.39 Å². The Morgan fingerprint density at radius 1 is 1.43 bits per heavy atom. The molecule has 0 spiro atoms. The summed E-state index contributed by atoms with van der Waals surface area (Å²) in [7, 11) is 0. The maximum absolute atomic E-state index is 14.2. The Bertz CT molecular complexity index is 614. The third-order valence-electron chi connectivity index (χ3n) is 4.65. The molecular formula is C17H22FN3O2. The van der Waals surface area contributed by atoms with Crippen LogP contribution in [0.15, 0.2) is 24.3 Å². The van der Waals surface area contributed by atoms with Crippen molar-refractivity contribution in [2.45, 2.75) is 25.3 Å². The van der Waals surface area contributed by atoms with Crippen molar-refractivity contribution >= 4 is 11.8 Å². The van der Waals surface area contributed by atoms with E-state index in [1.54, 1.807) is 18.2 Å². The Hall–Kier alpha value is -1.95. The second-order valence-corrected chi connectivity index (χ2v) is 6.68. The van der Waals surface area contributed by atoms with Gasteiger partial charge in [-0.05, 0) is 24.8 Å². The maximum Gasteiger partial charge on any atom is 0.234 e. The molecule has 0 atom stereocenters. The predicted molar refractivity (Wildman–Crippen MR) is 84.1 cm³/mol. The van der Waals surface area contributed by atoms with Gasteiger partial charge in [0.15, 0.2) is 0 Å². The summed E-state index contributed by atoms with van der Waals surface area (Å²) in [5, 5.41) is 5.76. The fourth-order valence-electron chi connectivity index (χ4n) is 3.70. The van der Waals surface area contributed by atoms with E-state index in [1.807, 2.05) is 4.90 Å². The van der Waals surface area contributed by atoms with E-state index in [9.17, 15) is 14.0 Å². The minimum absolute atomic E-state index is 0.0647. The fraction of sp³-hybridized carbons (Fsp3) is 0.529. The monoisotopic (exact) mass is 319 g/mol. The van der Waals surface area contributed by atoms with E-state index in [4.69, 9.17) is 0 Å². The van der Waals surface area contributed by atoms with Crippen molar-refractivity contribution in [1.82, 2.24) is 15.5 Å². The van der Waals surface area contributed by atoms with Crippen LogP contribution in [0.25, 0.3) is 0 Å². The van der Waals surface area contributed by atoms with Gasteiger partial charge in [-0.15, -0.1) is 0 Å². The summed E-state index contributed by atoms with van der Waals surface area (Å²) in [4.78, 5) is 25.6. The lowest BCUT2D eigenvalue weighted by Gasteiger charge is -2.47. The molecule has 1 saturated carbocycles. The number of amides is 2. The van der Waals surface area contributed by atoms with Gasteiger partial charge in [0.2, 0.25) is 11.8 Å². The van der Waals surface area contributed by atoms with Crippen LogP contribution in [0, 0.1) is 11.7 Å². The molecule has 23 heavy (non-hydrogen) atoms. The van der Waals surface area contributed by atoms with Crippen LogP contribution in [0.1, 0.15) is 25.3 Å².